The van der Waals surface area contributed by atoms with Crippen molar-refractivity contribution in [1.29, 1.82) is 0 Å². The third-order valence-corrected chi connectivity index (χ3v) is 4.56. The lowest BCUT2D eigenvalue weighted by molar-refractivity contribution is -0.107. The Morgan fingerprint density at radius 2 is 2.24 bits per heavy atom. The maximum atomic E-state index is 11.9. The van der Waals surface area contributed by atoms with E-state index in [1.54, 1.807) is 31.2 Å². The zero-order chi connectivity index (χ0) is 15.4. The van der Waals surface area contributed by atoms with Crippen LogP contribution >= 0.6 is 46.7 Å². The lowest BCUT2D eigenvalue weighted by Gasteiger charge is -1.99. The highest BCUT2D eigenvalue weighted by Gasteiger charge is 2.25. The molecule has 0 N–H and O–H groups in total. The summed E-state index contributed by atoms with van der Waals surface area (Å²) in [4.78, 5) is 27.3. The van der Waals surface area contributed by atoms with Gasteiger partial charge in [0.05, 0.1) is 6.61 Å². The van der Waals surface area contributed by atoms with Crippen LogP contribution in [0.25, 0.3) is 6.08 Å². The van der Waals surface area contributed by atoms with Crippen molar-refractivity contribution >= 4 is 67.6 Å². The Morgan fingerprint density at radius 3 is 2.90 bits per heavy atom. The fourth-order valence-electron chi connectivity index (χ4n) is 1.42. The highest BCUT2D eigenvalue weighted by Crippen LogP contribution is 2.33. The van der Waals surface area contributed by atoms with E-state index in [1.165, 1.54) is 0 Å². The lowest BCUT2D eigenvalue weighted by Crippen LogP contribution is -1.98. The molecule has 0 spiro atoms. The van der Waals surface area contributed by atoms with Crippen LogP contribution in [0.2, 0.25) is 10.0 Å². The molecule has 0 aromatic heterocycles. The molecule has 2 rings (SSSR count). The van der Waals surface area contributed by atoms with Gasteiger partial charge in [0.1, 0.15) is 10.1 Å². The quantitative estimate of drug-likeness (QED) is 0.556. The summed E-state index contributed by atoms with van der Waals surface area (Å²) in [7, 11) is 0. The third-order valence-electron chi connectivity index (χ3n) is 2.29. The van der Waals surface area contributed by atoms with Crippen LogP contribution in [-0.4, -0.2) is 21.4 Å². The number of ether oxygens (including phenoxy) is 1. The predicted molar refractivity (Wildman–Crippen MR) is 89.1 cm³/mol. The van der Waals surface area contributed by atoms with Crippen LogP contribution in [0.15, 0.2) is 28.9 Å². The first-order chi connectivity index (χ1) is 9.99. The second kappa shape index (κ2) is 7.35. The first kappa shape index (κ1) is 16.4. The van der Waals surface area contributed by atoms with Gasteiger partial charge in [-0.3, -0.25) is 4.79 Å². The van der Waals surface area contributed by atoms with Gasteiger partial charge in [0, 0.05) is 21.8 Å². The highest BCUT2D eigenvalue weighted by atomic mass is 35.5. The van der Waals surface area contributed by atoms with Gasteiger partial charge in [-0.2, -0.15) is 0 Å². The Labute approximate surface area is 139 Å². The maximum absolute atomic E-state index is 11.9. The smallest absolute Gasteiger partial charge is 0.374 e. The first-order valence-corrected chi connectivity index (χ1v) is 8.20. The number of carbonyl (C=O) groups excluding carboxylic acids is 2. The SMILES string of the molecule is CCOC(=O)SC1=NC(=Cc2ccc(Cl)cc2Cl)C(=O)S1. The average molecular weight is 362 g/mol. The summed E-state index contributed by atoms with van der Waals surface area (Å²) in [5.41, 5.74) is 0.868. The summed E-state index contributed by atoms with van der Waals surface area (Å²) in [5.74, 6) is 0. The number of benzene rings is 1. The van der Waals surface area contributed by atoms with Gasteiger partial charge >= 0.3 is 5.30 Å². The molecule has 0 saturated carbocycles. The molecule has 0 saturated heterocycles. The van der Waals surface area contributed by atoms with E-state index in [0.29, 0.717) is 20.0 Å². The first-order valence-electron chi connectivity index (χ1n) is 5.82. The van der Waals surface area contributed by atoms with Crippen LogP contribution in [0.5, 0.6) is 0 Å². The third kappa shape index (κ3) is 4.51. The molecule has 8 heteroatoms. The lowest BCUT2D eigenvalue weighted by atomic mass is 10.2. The summed E-state index contributed by atoms with van der Waals surface area (Å²) >= 11 is 13.5. The molecular weight excluding hydrogens is 353 g/mol. The summed E-state index contributed by atoms with van der Waals surface area (Å²) < 4.78 is 5.13. The fourth-order valence-corrected chi connectivity index (χ4v) is 3.45. The number of thioether (sulfide) groups is 2. The van der Waals surface area contributed by atoms with Crippen LogP contribution < -0.4 is 0 Å². The monoisotopic (exact) mass is 361 g/mol. The molecule has 0 atom stereocenters. The summed E-state index contributed by atoms with van der Waals surface area (Å²) in [6, 6.07) is 4.95. The molecule has 0 amide bonds. The predicted octanol–water partition coefficient (Wildman–Crippen LogP) is 4.85. The molecule has 0 unspecified atom stereocenters. The van der Waals surface area contributed by atoms with Crippen molar-refractivity contribution in [3.8, 4) is 0 Å². The Bertz CT molecular complexity index is 659. The van der Waals surface area contributed by atoms with E-state index >= 15 is 0 Å². The number of carbonyl (C=O) groups is 2. The summed E-state index contributed by atoms with van der Waals surface area (Å²) in [5, 5.41) is 0.209. The van der Waals surface area contributed by atoms with Crippen molar-refractivity contribution in [3.63, 3.8) is 0 Å². The topological polar surface area (TPSA) is 55.7 Å². The van der Waals surface area contributed by atoms with Gasteiger partial charge in [-0.15, -0.1) is 0 Å². The van der Waals surface area contributed by atoms with Gasteiger partial charge in [0.15, 0.2) is 0 Å². The van der Waals surface area contributed by atoms with E-state index in [1.807, 2.05) is 0 Å². The molecule has 1 aromatic rings. The van der Waals surface area contributed by atoms with Crippen molar-refractivity contribution in [3.05, 3.63) is 39.5 Å². The molecule has 110 valence electrons. The van der Waals surface area contributed by atoms with E-state index in [2.05, 4.69) is 4.99 Å². The Hall–Kier alpha value is -0.950. The molecule has 1 aliphatic rings. The van der Waals surface area contributed by atoms with Gasteiger partial charge in [0.2, 0.25) is 5.12 Å². The van der Waals surface area contributed by atoms with Crippen molar-refractivity contribution in [1.82, 2.24) is 0 Å². The number of nitrogens with zero attached hydrogens (tertiary/aromatic N) is 1. The Kier molecular flexibility index (Phi) is 5.75. The number of hydrogen-bond donors (Lipinski definition) is 0. The van der Waals surface area contributed by atoms with E-state index < -0.39 is 5.30 Å². The molecule has 0 aliphatic carbocycles. The number of halogens is 2. The van der Waals surface area contributed by atoms with E-state index in [4.69, 9.17) is 27.9 Å². The van der Waals surface area contributed by atoms with Crippen molar-refractivity contribution in [2.45, 2.75) is 6.92 Å². The number of hydrogen-bond acceptors (Lipinski definition) is 6. The molecular formula is C13H9Cl2NO3S2. The Balaban J connectivity index is 2.19. The average Bonchev–Trinajstić information content (AvgIpc) is 2.73. The minimum atomic E-state index is -0.484. The van der Waals surface area contributed by atoms with Gasteiger partial charge < -0.3 is 4.74 Å². The summed E-state index contributed by atoms with van der Waals surface area (Å²) in [6.45, 7) is 1.99. The van der Waals surface area contributed by atoms with Gasteiger partial charge in [-0.1, -0.05) is 29.3 Å². The van der Waals surface area contributed by atoms with Crippen molar-refractivity contribution in [2.75, 3.05) is 6.61 Å². The van der Waals surface area contributed by atoms with Gasteiger partial charge in [0.25, 0.3) is 0 Å². The van der Waals surface area contributed by atoms with Crippen LogP contribution in [0.3, 0.4) is 0 Å². The van der Waals surface area contributed by atoms with Gasteiger partial charge in [-0.25, -0.2) is 9.79 Å². The minimum absolute atomic E-state index is 0.232. The second-order valence-corrected chi connectivity index (χ2v) is 6.74. The van der Waals surface area contributed by atoms with Crippen LogP contribution in [-0.2, 0) is 9.53 Å². The molecule has 0 bridgehead atoms. The van der Waals surface area contributed by atoms with E-state index in [-0.39, 0.29) is 17.4 Å². The fraction of sp³-hybridized carbons (Fsp3) is 0.154. The van der Waals surface area contributed by atoms with Gasteiger partial charge in [-0.05, 0) is 42.5 Å². The molecule has 1 aromatic carbocycles. The van der Waals surface area contributed by atoms with Crippen LogP contribution in [0.4, 0.5) is 4.79 Å². The zero-order valence-electron chi connectivity index (χ0n) is 10.8. The molecule has 0 radical (unpaired) electrons. The molecule has 0 fully saturated rings. The number of aliphatic imine (C=N–C) groups is 1. The number of rotatable bonds is 2. The largest absolute Gasteiger partial charge is 0.458 e. The minimum Gasteiger partial charge on any atom is -0.458 e. The molecule has 4 nitrogen and oxygen atoms in total. The second-order valence-electron chi connectivity index (χ2n) is 3.75. The van der Waals surface area contributed by atoms with Crippen molar-refractivity contribution < 1.29 is 14.3 Å². The standard InChI is InChI=1S/C13H9Cl2NO3S2/c1-2-19-13(18)21-12-16-10(11(17)20-12)5-7-3-4-8(14)6-9(7)15/h3-6H,2H2,1H3. The summed E-state index contributed by atoms with van der Waals surface area (Å²) in [6.07, 6.45) is 1.56. The highest BCUT2D eigenvalue weighted by molar-refractivity contribution is 8.49. The van der Waals surface area contributed by atoms with E-state index in [0.717, 1.165) is 23.5 Å². The van der Waals surface area contributed by atoms with Crippen molar-refractivity contribution in [2.24, 2.45) is 4.99 Å². The molecule has 1 heterocycles. The molecule has 21 heavy (non-hydrogen) atoms. The molecule has 1 aliphatic heterocycles. The van der Waals surface area contributed by atoms with Crippen LogP contribution in [0.1, 0.15) is 12.5 Å². The van der Waals surface area contributed by atoms with E-state index in [9.17, 15) is 9.59 Å². The zero-order valence-corrected chi connectivity index (χ0v) is 13.9. The Morgan fingerprint density at radius 1 is 1.48 bits per heavy atom. The normalized spacial score (nSPS) is 16.2. The van der Waals surface area contributed by atoms with Crippen LogP contribution in [0, 0.1) is 0 Å². The maximum Gasteiger partial charge on any atom is 0.374 e.